The first-order chi connectivity index (χ1) is 8.30. The van der Waals surface area contributed by atoms with E-state index in [0.29, 0.717) is 12.3 Å². The molecule has 1 saturated heterocycles. The number of carbonyl (C=O) groups is 2. The third-order valence-corrected chi connectivity index (χ3v) is 3.88. The second kappa shape index (κ2) is 4.23. The number of urea groups is 1. The van der Waals surface area contributed by atoms with Gasteiger partial charge in [-0.1, -0.05) is 20.8 Å². The van der Waals surface area contributed by atoms with Crippen molar-refractivity contribution in [2.24, 2.45) is 11.3 Å². The first kappa shape index (κ1) is 13.3. The minimum absolute atomic E-state index is 0.0290. The summed E-state index contributed by atoms with van der Waals surface area (Å²) < 4.78 is 4.92. The summed E-state index contributed by atoms with van der Waals surface area (Å²) in [7, 11) is 1.49. The van der Waals surface area contributed by atoms with Gasteiger partial charge in [-0.2, -0.15) is 0 Å². The van der Waals surface area contributed by atoms with E-state index in [2.05, 4.69) is 26.1 Å². The van der Waals surface area contributed by atoms with Gasteiger partial charge in [-0.25, -0.2) is 9.69 Å². The van der Waals surface area contributed by atoms with Crippen LogP contribution in [0.1, 0.15) is 40.0 Å². The average molecular weight is 254 g/mol. The number of amides is 3. The third-order valence-electron chi connectivity index (χ3n) is 3.88. The van der Waals surface area contributed by atoms with Gasteiger partial charge in [0.25, 0.3) is 5.91 Å². The van der Waals surface area contributed by atoms with Gasteiger partial charge in [-0.15, -0.1) is 0 Å². The predicted molar refractivity (Wildman–Crippen MR) is 66.8 cm³/mol. The Bertz CT molecular complexity index is 380. The molecule has 1 spiro atoms. The minimum Gasteiger partial charge on any atom is -0.364 e. The standard InChI is InChI=1S/C13H22N2O3/c1-9-5-12(2,3)7-13(6-9)10(16)15(8-18-4)11(17)14-13/h9H,5-8H2,1-4H3,(H,14,17)/t9-,13-/m0/s1. The number of hydrogen-bond acceptors (Lipinski definition) is 3. The van der Waals surface area contributed by atoms with Crippen LogP contribution in [0.2, 0.25) is 0 Å². The third kappa shape index (κ3) is 2.11. The van der Waals surface area contributed by atoms with E-state index >= 15 is 0 Å². The van der Waals surface area contributed by atoms with Gasteiger partial charge in [0.1, 0.15) is 12.3 Å². The Hall–Kier alpha value is -1.10. The van der Waals surface area contributed by atoms with Gasteiger partial charge in [0.2, 0.25) is 0 Å². The van der Waals surface area contributed by atoms with E-state index in [-0.39, 0.29) is 24.1 Å². The zero-order valence-electron chi connectivity index (χ0n) is 11.6. The lowest BCUT2D eigenvalue weighted by molar-refractivity contribution is -0.137. The molecular formula is C13H22N2O3. The zero-order chi connectivity index (χ0) is 13.6. The van der Waals surface area contributed by atoms with Gasteiger partial charge in [-0.3, -0.25) is 4.79 Å². The number of ether oxygens (including phenoxy) is 1. The predicted octanol–water partition coefficient (Wildman–Crippen LogP) is 1.73. The van der Waals surface area contributed by atoms with E-state index in [9.17, 15) is 9.59 Å². The molecule has 5 nitrogen and oxygen atoms in total. The fourth-order valence-corrected chi connectivity index (χ4v) is 3.75. The van der Waals surface area contributed by atoms with Crippen LogP contribution in [-0.2, 0) is 9.53 Å². The van der Waals surface area contributed by atoms with Gasteiger partial charge in [-0.05, 0) is 30.6 Å². The summed E-state index contributed by atoms with van der Waals surface area (Å²) in [6, 6.07) is -0.327. The van der Waals surface area contributed by atoms with Crippen LogP contribution < -0.4 is 5.32 Å². The highest BCUT2D eigenvalue weighted by Crippen LogP contribution is 2.46. The molecule has 0 bridgehead atoms. The molecule has 2 aliphatic rings. The van der Waals surface area contributed by atoms with Crippen molar-refractivity contribution in [2.75, 3.05) is 13.8 Å². The highest BCUT2D eigenvalue weighted by Gasteiger charge is 2.56. The molecule has 0 aromatic rings. The number of rotatable bonds is 2. The second-order valence-corrected chi connectivity index (χ2v) is 6.52. The molecule has 2 fully saturated rings. The van der Waals surface area contributed by atoms with E-state index < -0.39 is 5.54 Å². The van der Waals surface area contributed by atoms with Crippen LogP contribution in [0.15, 0.2) is 0 Å². The van der Waals surface area contributed by atoms with Crippen molar-refractivity contribution in [1.82, 2.24) is 10.2 Å². The lowest BCUT2D eigenvalue weighted by atomic mass is 9.64. The van der Waals surface area contributed by atoms with Crippen LogP contribution in [0.4, 0.5) is 4.79 Å². The van der Waals surface area contributed by atoms with Crippen LogP contribution in [0, 0.1) is 11.3 Å². The molecule has 2 rings (SSSR count). The summed E-state index contributed by atoms with van der Waals surface area (Å²) in [5.41, 5.74) is -0.638. The molecule has 5 heteroatoms. The molecule has 18 heavy (non-hydrogen) atoms. The normalized spacial score (nSPS) is 35.1. The minimum atomic E-state index is -0.712. The lowest BCUT2D eigenvalue weighted by Gasteiger charge is -2.43. The topological polar surface area (TPSA) is 58.6 Å². The highest BCUT2D eigenvalue weighted by atomic mass is 16.5. The summed E-state index contributed by atoms with van der Waals surface area (Å²) in [5.74, 6) is 0.300. The zero-order valence-corrected chi connectivity index (χ0v) is 11.6. The number of nitrogens with zero attached hydrogens (tertiary/aromatic N) is 1. The Morgan fingerprint density at radius 2 is 2.06 bits per heavy atom. The smallest absolute Gasteiger partial charge is 0.326 e. The van der Waals surface area contributed by atoms with E-state index in [1.807, 2.05) is 0 Å². The Morgan fingerprint density at radius 1 is 1.39 bits per heavy atom. The average Bonchev–Trinajstić information content (AvgIpc) is 2.39. The Kier molecular flexibility index (Phi) is 3.13. The molecule has 0 aromatic carbocycles. The molecule has 1 N–H and O–H groups in total. The fraction of sp³-hybridized carbons (Fsp3) is 0.846. The van der Waals surface area contributed by atoms with Crippen molar-refractivity contribution in [2.45, 2.75) is 45.6 Å². The van der Waals surface area contributed by atoms with Crippen LogP contribution >= 0.6 is 0 Å². The SMILES string of the molecule is COCN1C(=O)N[C@]2(C[C@@H](C)CC(C)(C)C2)C1=O. The number of methoxy groups -OCH3 is 1. The molecular weight excluding hydrogens is 232 g/mol. The molecule has 1 heterocycles. The van der Waals surface area contributed by atoms with E-state index in [4.69, 9.17) is 4.74 Å². The summed E-state index contributed by atoms with van der Waals surface area (Å²) in [6.07, 6.45) is 2.51. The molecule has 0 unspecified atom stereocenters. The van der Waals surface area contributed by atoms with Gasteiger partial charge in [0, 0.05) is 7.11 Å². The van der Waals surface area contributed by atoms with Gasteiger partial charge in [0.15, 0.2) is 0 Å². The van der Waals surface area contributed by atoms with Crippen molar-refractivity contribution in [3.8, 4) is 0 Å². The lowest BCUT2D eigenvalue weighted by Crippen LogP contribution is -2.54. The summed E-state index contributed by atoms with van der Waals surface area (Å²) in [5, 5.41) is 2.90. The maximum absolute atomic E-state index is 12.5. The highest BCUT2D eigenvalue weighted by molar-refractivity contribution is 6.07. The monoisotopic (exact) mass is 254 g/mol. The Morgan fingerprint density at radius 3 is 2.61 bits per heavy atom. The van der Waals surface area contributed by atoms with Crippen LogP contribution in [0.3, 0.4) is 0 Å². The van der Waals surface area contributed by atoms with Crippen LogP contribution in [-0.4, -0.2) is 36.2 Å². The van der Waals surface area contributed by atoms with Crippen LogP contribution in [0.5, 0.6) is 0 Å². The maximum atomic E-state index is 12.5. The van der Waals surface area contributed by atoms with E-state index in [1.165, 1.54) is 12.0 Å². The fourth-order valence-electron chi connectivity index (χ4n) is 3.75. The first-order valence-corrected chi connectivity index (χ1v) is 6.43. The van der Waals surface area contributed by atoms with Crippen molar-refractivity contribution >= 4 is 11.9 Å². The van der Waals surface area contributed by atoms with Crippen molar-refractivity contribution < 1.29 is 14.3 Å². The second-order valence-electron chi connectivity index (χ2n) is 6.52. The number of nitrogens with one attached hydrogen (secondary N) is 1. The summed E-state index contributed by atoms with van der Waals surface area (Å²) >= 11 is 0. The molecule has 0 aromatic heterocycles. The Balaban J connectivity index is 2.27. The van der Waals surface area contributed by atoms with Crippen molar-refractivity contribution in [3.05, 3.63) is 0 Å². The van der Waals surface area contributed by atoms with Gasteiger partial charge >= 0.3 is 6.03 Å². The first-order valence-electron chi connectivity index (χ1n) is 6.43. The molecule has 2 atom stereocenters. The maximum Gasteiger partial charge on any atom is 0.326 e. The van der Waals surface area contributed by atoms with Crippen molar-refractivity contribution in [3.63, 3.8) is 0 Å². The molecule has 1 saturated carbocycles. The number of imide groups is 1. The molecule has 1 aliphatic carbocycles. The van der Waals surface area contributed by atoms with Gasteiger partial charge < -0.3 is 10.1 Å². The largest absolute Gasteiger partial charge is 0.364 e. The van der Waals surface area contributed by atoms with Crippen molar-refractivity contribution in [1.29, 1.82) is 0 Å². The molecule has 0 radical (unpaired) electrons. The van der Waals surface area contributed by atoms with Crippen LogP contribution in [0.25, 0.3) is 0 Å². The molecule has 102 valence electrons. The summed E-state index contributed by atoms with van der Waals surface area (Å²) in [6.45, 7) is 6.48. The van der Waals surface area contributed by atoms with E-state index in [1.54, 1.807) is 0 Å². The molecule has 3 amide bonds. The van der Waals surface area contributed by atoms with E-state index in [0.717, 1.165) is 12.8 Å². The number of carbonyl (C=O) groups excluding carboxylic acids is 2. The van der Waals surface area contributed by atoms with Gasteiger partial charge in [0.05, 0.1) is 0 Å². The quantitative estimate of drug-likeness (QED) is 0.763. The Labute approximate surface area is 108 Å². The summed E-state index contributed by atoms with van der Waals surface area (Å²) in [4.78, 5) is 25.5. The molecule has 1 aliphatic heterocycles. The number of hydrogen-bond donors (Lipinski definition) is 1.